The predicted molar refractivity (Wildman–Crippen MR) is 135 cm³/mol. The highest BCUT2D eigenvalue weighted by Gasteiger charge is 2.16. The normalized spacial score (nSPS) is 10.5. The van der Waals surface area contributed by atoms with Crippen molar-refractivity contribution in [2.45, 2.75) is 12.8 Å². The third-order valence-electron chi connectivity index (χ3n) is 5.61. The Morgan fingerprint density at radius 1 is 0.419 bits per heavy atom. The van der Waals surface area contributed by atoms with Crippen molar-refractivity contribution in [1.82, 2.24) is 0 Å². The number of anilines is 2. The number of rotatable bonds is 10. The number of benzene rings is 4. The minimum Gasteiger partial charge on any atom is -0.399 e. The molecule has 2 nitrogen and oxygen atoms in total. The van der Waals surface area contributed by atoms with Gasteiger partial charge in [0.2, 0.25) is 0 Å². The highest BCUT2D eigenvalue weighted by Crippen LogP contribution is 2.19. The van der Waals surface area contributed by atoms with Gasteiger partial charge in [0.15, 0.2) is 0 Å². The summed E-state index contributed by atoms with van der Waals surface area (Å²) in [5, 5.41) is 0. The molecular formula is C28H29BN2. The monoisotopic (exact) mass is 404 g/mol. The zero-order valence-electron chi connectivity index (χ0n) is 18.0. The van der Waals surface area contributed by atoms with Gasteiger partial charge in [0.05, 0.1) is 0 Å². The zero-order valence-corrected chi connectivity index (χ0v) is 18.0. The molecule has 0 spiro atoms. The zero-order chi connectivity index (χ0) is 21.1. The molecule has 0 amide bonds. The lowest BCUT2D eigenvalue weighted by molar-refractivity contribution is 0.910. The minimum atomic E-state index is 0.855. The first-order valence-corrected chi connectivity index (χ1v) is 11.1. The summed E-state index contributed by atoms with van der Waals surface area (Å²) in [5.74, 6) is 0. The Kier molecular flexibility index (Phi) is 7.43. The number of hydrogen-bond donors (Lipinski definition) is 0. The molecule has 0 unspecified atom stereocenters. The first-order valence-electron chi connectivity index (χ1n) is 11.1. The highest BCUT2D eigenvalue weighted by molar-refractivity contribution is 6.46. The molecule has 0 saturated heterocycles. The van der Waals surface area contributed by atoms with E-state index in [1.54, 1.807) is 0 Å². The maximum Gasteiger partial charge on any atom is 0.356 e. The molecule has 31 heavy (non-hydrogen) atoms. The van der Waals surface area contributed by atoms with Crippen LogP contribution in [0.3, 0.4) is 0 Å². The van der Waals surface area contributed by atoms with Crippen molar-refractivity contribution in [1.29, 1.82) is 0 Å². The van der Waals surface area contributed by atoms with E-state index in [-0.39, 0.29) is 0 Å². The summed E-state index contributed by atoms with van der Waals surface area (Å²) in [6.07, 6.45) is 2.05. The van der Waals surface area contributed by atoms with E-state index in [4.69, 9.17) is 0 Å². The van der Waals surface area contributed by atoms with Crippen molar-refractivity contribution in [3.8, 4) is 0 Å². The molecule has 4 aromatic carbocycles. The molecule has 0 N–H and O–H groups in total. The molecule has 0 heterocycles. The van der Waals surface area contributed by atoms with Crippen LogP contribution in [-0.2, 0) is 12.8 Å². The molecule has 0 aliphatic rings. The summed E-state index contributed by atoms with van der Waals surface area (Å²) in [5.41, 5.74) is 5.27. The average Bonchev–Trinajstić information content (AvgIpc) is 2.86. The molecule has 0 aromatic heterocycles. The molecule has 0 radical (unpaired) electrons. The fraction of sp³-hybridized carbons (Fsp3) is 0.143. The average molecular weight is 404 g/mol. The van der Waals surface area contributed by atoms with Gasteiger partial charge in [-0.1, -0.05) is 97.1 Å². The highest BCUT2D eigenvalue weighted by atomic mass is 15.2. The molecule has 0 bridgehead atoms. The van der Waals surface area contributed by atoms with Crippen LogP contribution in [-0.4, -0.2) is 20.6 Å². The first-order chi connectivity index (χ1) is 15.4. The first kappa shape index (κ1) is 20.8. The Morgan fingerprint density at radius 3 is 1.10 bits per heavy atom. The Bertz CT molecular complexity index is 923. The number of hydrogen-bond acceptors (Lipinski definition) is 2. The van der Waals surface area contributed by atoms with Crippen molar-refractivity contribution in [3.05, 3.63) is 132 Å². The largest absolute Gasteiger partial charge is 0.399 e. The summed E-state index contributed by atoms with van der Waals surface area (Å²) in [6.45, 7) is 1.95. The van der Waals surface area contributed by atoms with Crippen LogP contribution in [0, 0.1) is 0 Å². The third kappa shape index (κ3) is 6.26. The lowest BCUT2D eigenvalue weighted by Crippen LogP contribution is -2.44. The van der Waals surface area contributed by atoms with E-state index in [9.17, 15) is 0 Å². The van der Waals surface area contributed by atoms with Crippen LogP contribution in [0.1, 0.15) is 11.1 Å². The maximum absolute atomic E-state index is 2.49. The Labute approximate surface area is 187 Å². The van der Waals surface area contributed by atoms with Gasteiger partial charge in [-0.3, -0.25) is 0 Å². The molecule has 3 heteroatoms. The number of nitrogens with zero attached hydrogens (tertiary/aromatic N) is 2. The van der Waals surface area contributed by atoms with Gasteiger partial charge in [-0.2, -0.15) is 0 Å². The van der Waals surface area contributed by atoms with Crippen molar-refractivity contribution < 1.29 is 0 Å². The summed E-state index contributed by atoms with van der Waals surface area (Å²) in [6, 6.07) is 43.1. The topological polar surface area (TPSA) is 6.48 Å². The van der Waals surface area contributed by atoms with Gasteiger partial charge in [-0.25, -0.2) is 0 Å². The molecule has 0 aliphatic carbocycles. The maximum atomic E-state index is 2.49. The van der Waals surface area contributed by atoms with E-state index < -0.39 is 0 Å². The summed E-state index contributed by atoms with van der Waals surface area (Å²) < 4.78 is 0. The van der Waals surface area contributed by atoms with Crippen molar-refractivity contribution in [3.63, 3.8) is 0 Å². The lowest BCUT2D eigenvalue weighted by Gasteiger charge is -2.33. The van der Waals surface area contributed by atoms with E-state index in [0.717, 1.165) is 33.5 Å². The molecule has 4 rings (SSSR count). The van der Waals surface area contributed by atoms with Crippen LogP contribution in [0.25, 0.3) is 0 Å². The van der Waals surface area contributed by atoms with Gasteiger partial charge in [0.1, 0.15) is 0 Å². The Hall–Kier alpha value is -3.46. The van der Waals surface area contributed by atoms with E-state index in [2.05, 4.69) is 131 Å². The van der Waals surface area contributed by atoms with Crippen LogP contribution < -0.4 is 9.62 Å². The molecule has 0 atom stereocenters. The van der Waals surface area contributed by atoms with Gasteiger partial charge >= 0.3 is 7.55 Å². The SMILES string of the molecule is B(N(CCc1ccccc1)c1ccccc1)N(CCc1ccccc1)c1ccccc1. The van der Waals surface area contributed by atoms with E-state index in [0.29, 0.717) is 0 Å². The molecule has 154 valence electrons. The van der Waals surface area contributed by atoms with Crippen molar-refractivity contribution >= 4 is 18.9 Å². The van der Waals surface area contributed by atoms with Crippen molar-refractivity contribution in [2.24, 2.45) is 0 Å². The minimum absolute atomic E-state index is 0.855. The van der Waals surface area contributed by atoms with Crippen LogP contribution in [0.15, 0.2) is 121 Å². The Balaban J connectivity index is 1.53. The molecule has 0 aliphatic heterocycles. The molecule has 0 fully saturated rings. The van der Waals surface area contributed by atoms with E-state index in [1.807, 2.05) is 0 Å². The summed E-state index contributed by atoms with van der Waals surface area (Å²) in [4.78, 5) is 4.98. The third-order valence-corrected chi connectivity index (χ3v) is 5.61. The second-order valence-electron chi connectivity index (χ2n) is 7.81. The quantitative estimate of drug-likeness (QED) is 0.311. The summed E-state index contributed by atoms with van der Waals surface area (Å²) in [7, 11) is 0.855. The number of para-hydroxylation sites is 2. The standard InChI is InChI=1S/C28H29BN2/c1-5-13-25(14-6-1)21-23-30(27-17-9-3-10-18-27)29-31(28-19-11-4-12-20-28)24-22-26-15-7-2-8-16-26/h1-20,29H,21-24H2. The lowest BCUT2D eigenvalue weighted by atomic mass is 9.97. The van der Waals surface area contributed by atoms with Gasteiger partial charge in [0.25, 0.3) is 0 Å². The Morgan fingerprint density at radius 2 is 0.742 bits per heavy atom. The van der Waals surface area contributed by atoms with Gasteiger partial charge in [-0.05, 0) is 48.2 Å². The van der Waals surface area contributed by atoms with E-state index >= 15 is 0 Å². The predicted octanol–water partition coefficient (Wildman–Crippen LogP) is 5.75. The molecule has 0 saturated carbocycles. The fourth-order valence-corrected chi connectivity index (χ4v) is 3.86. The van der Waals surface area contributed by atoms with Gasteiger partial charge in [0, 0.05) is 24.5 Å². The smallest absolute Gasteiger partial charge is 0.356 e. The molecular weight excluding hydrogens is 375 g/mol. The second-order valence-corrected chi connectivity index (χ2v) is 7.81. The van der Waals surface area contributed by atoms with Gasteiger partial charge in [-0.15, -0.1) is 0 Å². The van der Waals surface area contributed by atoms with Crippen LogP contribution in [0.5, 0.6) is 0 Å². The van der Waals surface area contributed by atoms with E-state index in [1.165, 1.54) is 22.5 Å². The van der Waals surface area contributed by atoms with Gasteiger partial charge < -0.3 is 9.62 Å². The second kappa shape index (κ2) is 11.1. The fourth-order valence-electron chi connectivity index (χ4n) is 3.86. The van der Waals surface area contributed by atoms with Crippen LogP contribution in [0.4, 0.5) is 11.4 Å². The summed E-state index contributed by atoms with van der Waals surface area (Å²) >= 11 is 0. The molecule has 4 aromatic rings. The van der Waals surface area contributed by atoms with Crippen LogP contribution >= 0.6 is 0 Å². The van der Waals surface area contributed by atoms with Crippen LogP contribution in [0.2, 0.25) is 0 Å². The van der Waals surface area contributed by atoms with Crippen molar-refractivity contribution in [2.75, 3.05) is 22.7 Å².